The predicted molar refractivity (Wildman–Crippen MR) is 66.8 cm³/mol. The Morgan fingerprint density at radius 2 is 2.00 bits per heavy atom. The minimum atomic E-state index is -0.198. The van der Waals surface area contributed by atoms with E-state index in [0.717, 1.165) is 24.4 Å². The highest BCUT2D eigenvalue weighted by Gasteiger charge is 2.43. The summed E-state index contributed by atoms with van der Waals surface area (Å²) in [6, 6.07) is 6.02. The predicted octanol–water partition coefficient (Wildman–Crippen LogP) is 2.82. The molecule has 0 unspecified atom stereocenters. The van der Waals surface area contributed by atoms with Crippen LogP contribution in [0.5, 0.6) is 5.88 Å². The lowest BCUT2D eigenvalue weighted by atomic mass is 9.81. The molecular weight excluding hydrogens is 226 g/mol. The summed E-state index contributed by atoms with van der Waals surface area (Å²) >= 11 is 0. The molecular formula is C14H15N3O. The van der Waals surface area contributed by atoms with Gasteiger partial charge in [-0.25, -0.2) is 9.67 Å². The standard InChI is InChI=1S/C14H15N3O/c1-2-7-14(8-3-1)12-6-10-16-17(12)11-5-4-9-15-13(11)18-14/h4-6,9-10H,1-3,7-8H2. The topological polar surface area (TPSA) is 39.9 Å². The van der Waals surface area contributed by atoms with Crippen molar-refractivity contribution in [1.82, 2.24) is 14.8 Å². The molecule has 1 aliphatic carbocycles. The van der Waals surface area contributed by atoms with E-state index in [4.69, 9.17) is 4.74 Å². The summed E-state index contributed by atoms with van der Waals surface area (Å²) < 4.78 is 8.27. The highest BCUT2D eigenvalue weighted by molar-refractivity contribution is 5.46. The van der Waals surface area contributed by atoms with Crippen molar-refractivity contribution in [2.75, 3.05) is 0 Å². The number of hydrogen-bond acceptors (Lipinski definition) is 3. The molecule has 0 saturated heterocycles. The first-order valence-corrected chi connectivity index (χ1v) is 6.58. The van der Waals surface area contributed by atoms with Gasteiger partial charge in [-0.1, -0.05) is 6.42 Å². The van der Waals surface area contributed by atoms with Gasteiger partial charge in [-0.15, -0.1) is 0 Å². The minimum Gasteiger partial charge on any atom is -0.463 e. The van der Waals surface area contributed by atoms with Gasteiger partial charge in [0.1, 0.15) is 5.69 Å². The molecule has 2 aromatic heterocycles. The summed E-state index contributed by atoms with van der Waals surface area (Å²) in [5, 5.41) is 4.44. The van der Waals surface area contributed by atoms with E-state index in [1.54, 1.807) is 6.20 Å². The Labute approximate surface area is 106 Å². The van der Waals surface area contributed by atoms with Crippen molar-refractivity contribution in [1.29, 1.82) is 0 Å². The molecule has 18 heavy (non-hydrogen) atoms. The van der Waals surface area contributed by atoms with Gasteiger partial charge in [0.15, 0.2) is 5.60 Å². The number of rotatable bonds is 0. The molecule has 1 fully saturated rings. The Morgan fingerprint density at radius 1 is 1.11 bits per heavy atom. The van der Waals surface area contributed by atoms with Crippen molar-refractivity contribution in [3.8, 4) is 11.6 Å². The summed E-state index contributed by atoms with van der Waals surface area (Å²) in [5.41, 5.74) is 1.94. The summed E-state index contributed by atoms with van der Waals surface area (Å²) in [6.07, 6.45) is 9.50. The molecule has 92 valence electrons. The molecule has 0 amide bonds. The average Bonchev–Trinajstić information content (AvgIpc) is 2.90. The SMILES string of the molecule is c1cnc2c(c1)-n1nccc1C1(CCCCC1)O2. The Hall–Kier alpha value is -1.84. The van der Waals surface area contributed by atoms with Crippen LogP contribution in [-0.2, 0) is 5.60 Å². The smallest absolute Gasteiger partial charge is 0.240 e. The van der Waals surface area contributed by atoms with Crippen LogP contribution in [0.2, 0.25) is 0 Å². The molecule has 4 nitrogen and oxygen atoms in total. The van der Waals surface area contributed by atoms with E-state index in [-0.39, 0.29) is 5.60 Å². The fraction of sp³-hybridized carbons (Fsp3) is 0.429. The maximum atomic E-state index is 6.27. The lowest BCUT2D eigenvalue weighted by Gasteiger charge is -2.40. The van der Waals surface area contributed by atoms with E-state index in [9.17, 15) is 0 Å². The van der Waals surface area contributed by atoms with Crippen LogP contribution >= 0.6 is 0 Å². The van der Waals surface area contributed by atoms with Crippen molar-refractivity contribution in [2.24, 2.45) is 0 Å². The summed E-state index contributed by atoms with van der Waals surface area (Å²) in [4.78, 5) is 4.36. The minimum absolute atomic E-state index is 0.198. The maximum Gasteiger partial charge on any atom is 0.240 e. The van der Waals surface area contributed by atoms with Gasteiger partial charge in [-0.3, -0.25) is 0 Å². The summed E-state index contributed by atoms with van der Waals surface area (Å²) in [5.74, 6) is 0.718. The van der Waals surface area contributed by atoms with E-state index in [1.165, 1.54) is 25.0 Å². The first-order chi connectivity index (χ1) is 8.89. The normalized spacial score (nSPS) is 20.0. The molecule has 0 radical (unpaired) electrons. The van der Waals surface area contributed by atoms with Gasteiger partial charge in [0, 0.05) is 12.4 Å². The van der Waals surface area contributed by atoms with Gasteiger partial charge >= 0.3 is 0 Å². The van der Waals surface area contributed by atoms with Crippen LogP contribution in [0, 0.1) is 0 Å². The third-order valence-electron chi connectivity index (χ3n) is 4.04. The quantitative estimate of drug-likeness (QED) is 0.712. The van der Waals surface area contributed by atoms with Crippen LogP contribution in [-0.4, -0.2) is 14.8 Å². The molecule has 1 aliphatic heterocycles. The largest absolute Gasteiger partial charge is 0.463 e. The van der Waals surface area contributed by atoms with Gasteiger partial charge < -0.3 is 4.74 Å². The molecule has 1 spiro atoms. The Bertz CT molecular complexity index is 584. The van der Waals surface area contributed by atoms with Gasteiger partial charge in [0.05, 0.1) is 5.69 Å². The molecule has 4 heteroatoms. The second-order valence-corrected chi connectivity index (χ2v) is 5.11. The zero-order valence-electron chi connectivity index (χ0n) is 10.2. The van der Waals surface area contributed by atoms with Gasteiger partial charge in [-0.2, -0.15) is 5.10 Å². The number of ether oxygens (including phenoxy) is 1. The molecule has 0 aromatic carbocycles. The van der Waals surface area contributed by atoms with E-state index in [0.29, 0.717) is 0 Å². The van der Waals surface area contributed by atoms with Crippen LogP contribution in [0.25, 0.3) is 5.69 Å². The molecule has 2 aliphatic rings. The second-order valence-electron chi connectivity index (χ2n) is 5.11. The Kier molecular flexibility index (Phi) is 2.01. The lowest BCUT2D eigenvalue weighted by molar-refractivity contribution is 0.00778. The van der Waals surface area contributed by atoms with Crippen LogP contribution < -0.4 is 4.74 Å². The van der Waals surface area contributed by atoms with E-state index in [1.807, 2.05) is 23.0 Å². The molecule has 1 saturated carbocycles. The fourth-order valence-corrected chi connectivity index (χ4v) is 3.18. The fourth-order valence-electron chi connectivity index (χ4n) is 3.18. The molecule has 0 N–H and O–H groups in total. The average molecular weight is 241 g/mol. The molecule has 3 heterocycles. The first kappa shape index (κ1) is 10.1. The first-order valence-electron chi connectivity index (χ1n) is 6.58. The number of fused-ring (bicyclic) bond motifs is 4. The van der Waals surface area contributed by atoms with Crippen LogP contribution in [0.15, 0.2) is 30.6 Å². The van der Waals surface area contributed by atoms with Crippen LogP contribution in [0.3, 0.4) is 0 Å². The zero-order valence-corrected chi connectivity index (χ0v) is 10.2. The molecule has 2 aromatic rings. The van der Waals surface area contributed by atoms with Crippen molar-refractivity contribution >= 4 is 0 Å². The van der Waals surface area contributed by atoms with E-state index >= 15 is 0 Å². The second kappa shape index (κ2) is 3.57. The number of aromatic nitrogens is 3. The molecule has 0 atom stereocenters. The van der Waals surface area contributed by atoms with E-state index < -0.39 is 0 Å². The molecule has 4 rings (SSSR count). The third-order valence-corrected chi connectivity index (χ3v) is 4.04. The van der Waals surface area contributed by atoms with Crippen molar-refractivity contribution < 1.29 is 4.74 Å². The monoisotopic (exact) mass is 241 g/mol. The van der Waals surface area contributed by atoms with E-state index in [2.05, 4.69) is 16.1 Å². The third kappa shape index (κ3) is 1.26. The summed E-state index contributed by atoms with van der Waals surface area (Å²) in [6.45, 7) is 0. The van der Waals surface area contributed by atoms with Crippen molar-refractivity contribution in [2.45, 2.75) is 37.7 Å². The highest BCUT2D eigenvalue weighted by Crippen LogP contribution is 2.45. The molecule has 0 bridgehead atoms. The van der Waals surface area contributed by atoms with Gasteiger partial charge in [-0.05, 0) is 43.9 Å². The zero-order chi connectivity index (χ0) is 12.0. The van der Waals surface area contributed by atoms with Crippen molar-refractivity contribution in [3.63, 3.8) is 0 Å². The lowest BCUT2D eigenvalue weighted by Crippen LogP contribution is -2.40. The Morgan fingerprint density at radius 3 is 2.89 bits per heavy atom. The Balaban J connectivity index is 1.92. The maximum absolute atomic E-state index is 6.27. The van der Waals surface area contributed by atoms with Gasteiger partial charge in [0.25, 0.3) is 0 Å². The van der Waals surface area contributed by atoms with Crippen LogP contribution in [0.1, 0.15) is 37.8 Å². The number of pyridine rings is 1. The van der Waals surface area contributed by atoms with Crippen LogP contribution in [0.4, 0.5) is 0 Å². The highest BCUT2D eigenvalue weighted by atomic mass is 16.5. The number of hydrogen-bond donors (Lipinski definition) is 0. The van der Waals surface area contributed by atoms with Crippen molar-refractivity contribution in [3.05, 3.63) is 36.3 Å². The summed E-state index contributed by atoms with van der Waals surface area (Å²) in [7, 11) is 0. The van der Waals surface area contributed by atoms with Gasteiger partial charge in [0.2, 0.25) is 5.88 Å². The number of nitrogens with zero attached hydrogens (tertiary/aromatic N) is 3.